The Morgan fingerprint density at radius 3 is 2.56 bits per heavy atom. The van der Waals surface area contributed by atoms with E-state index in [-0.39, 0.29) is 10.8 Å². The van der Waals surface area contributed by atoms with Crippen molar-refractivity contribution in [3.8, 4) is 0 Å². The average Bonchev–Trinajstić information content (AvgIpc) is 2.13. The second-order valence-corrected chi connectivity index (χ2v) is 9.21. The van der Waals surface area contributed by atoms with Crippen LogP contribution in [0.25, 0.3) is 0 Å². The Kier molecular flexibility index (Phi) is 5.51. The molecule has 0 aromatic carbocycles. The van der Waals surface area contributed by atoms with Gasteiger partial charge in [0, 0.05) is 18.5 Å². The lowest BCUT2D eigenvalue weighted by molar-refractivity contribution is 0.181. The van der Waals surface area contributed by atoms with Gasteiger partial charge in [0.25, 0.3) is 0 Å². The van der Waals surface area contributed by atoms with E-state index in [1.807, 2.05) is 6.92 Å². The Labute approximate surface area is 117 Å². The Morgan fingerprint density at radius 1 is 1.44 bits per heavy atom. The molecular formula is C13H26ClNO2S. The third-order valence-electron chi connectivity index (χ3n) is 3.63. The Balaban J connectivity index is 2.57. The maximum absolute atomic E-state index is 11.6. The third-order valence-corrected chi connectivity index (χ3v) is 5.05. The van der Waals surface area contributed by atoms with Crippen molar-refractivity contribution in [3.05, 3.63) is 0 Å². The molecule has 0 aliphatic carbocycles. The normalized spacial score (nSPS) is 25.1. The summed E-state index contributed by atoms with van der Waals surface area (Å²) in [5.74, 6) is 0.471. The van der Waals surface area contributed by atoms with Crippen LogP contribution in [0.1, 0.15) is 46.5 Å². The first-order valence-electron chi connectivity index (χ1n) is 6.69. The topological polar surface area (TPSA) is 37.4 Å². The molecule has 0 aromatic heterocycles. The highest BCUT2D eigenvalue weighted by atomic mass is 35.5. The summed E-state index contributed by atoms with van der Waals surface area (Å²) in [5, 5.41) is 0.176. The van der Waals surface area contributed by atoms with Crippen molar-refractivity contribution in [2.45, 2.75) is 51.8 Å². The standard InChI is InChI=1S/C13H26ClNO2S/c1-11(14)8-13(2,3)9-12-6-5-7-15(10-12)18(4,16)17/h11-12H,5-10H2,1-4H3. The maximum atomic E-state index is 11.6. The second-order valence-electron chi connectivity index (χ2n) is 6.48. The SMILES string of the molecule is CC(Cl)CC(C)(C)CC1CCCN(S(C)(=O)=O)C1. The van der Waals surface area contributed by atoms with Crippen LogP contribution in [-0.2, 0) is 10.0 Å². The molecule has 1 aliphatic heterocycles. The molecule has 0 N–H and O–H groups in total. The molecule has 1 fully saturated rings. The van der Waals surface area contributed by atoms with Gasteiger partial charge in [0.2, 0.25) is 10.0 Å². The van der Waals surface area contributed by atoms with Gasteiger partial charge in [0.15, 0.2) is 0 Å². The molecule has 2 atom stereocenters. The minimum atomic E-state index is -3.03. The highest BCUT2D eigenvalue weighted by Crippen LogP contribution is 2.35. The van der Waals surface area contributed by atoms with Gasteiger partial charge in [-0.3, -0.25) is 0 Å². The van der Waals surface area contributed by atoms with E-state index in [0.29, 0.717) is 19.0 Å². The monoisotopic (exact) mass is 295 g/mol. The number of halogens is 1. The molecule has 5 heteroatoms. The van der Waals surface area contributed by atoms with Gasteiger partial charge in [0.05, 0.1) is 6.26 Å². The van der Waals surface area contributed by atoms with Crippen molar-refractivity contribution in [2.24, 2.45) is 11.3 Å². The molecule has 1 aliphatic rings. The van der Waals surface area contributed by atoms with Gasteiger partial charge in [-0.1, -0.05) is 13.8 Å². The molecule has 1 rings (SSSR count). The summed E-state index contributed by atoms with van der Waals surface area (Å²) in [6.45, 7) is 7.84. The quantitative estimate of drug-likeness (QED) is 0.731. The summed E-state index contributed by atoms with van der Waals surface area (Å²) >= 11 is 6.07. The molecule has 0 amide bonds. The lowest BCUT2D eigenvalue weighted by Gasteiger charge is -2.36. The van der Waals surface area contributed by atoms with Crippen LogP contribution in [0.15, 0.2) is 0 Å². The zero-order valence-corrected chi connectivity index (χ0v) is 13.5. The number of rotatable bonds is 5. The Morgan fingerprint density at radius 2 is 2.06 bits per heavy atom. The van der Waals surface area contributed by atoms with Crippen LogP contribution in [0.5, 0.6) is 0 Å². The first kappa shape index (κ1) is 16.3. The van der Waals surface area contributed by atoms with Crippen LogP contribution < -0.4 is 0 Å². The minimum absolute atomic E-state index is 0.176. The van der Waals surface area contributed by atoms with E-state index < -0.39 is 10.0 Å². The van der Waals surface area contributed by atoms with Crippen molar-refractivity contribution in [2.75, 3.05) is 19.3 Å². The van der Waals surface area contributed by atoms with Gasteiger partial charge < -0.3 is 0 Å². The van der Waals surface area contributed by atoms with Crippen molar-refractivity contribution >= 4 is 21.6 Å². The van der Waals surface area contributed by atoms with Crippen molar-refractivity contribution in [3.63, 3.8) is 0 Å². The first-order chi connectivity index (χ1) is 8.10. The summed E-state index contributed by atoms with van der Waals surface area (Å²) < 4.78 is 24.8. The fourth-order valence-electron chi connectivity index (χ4n) is 3.12. The van der Waals surface area contributed by atoms with Gasteiger partial charge in [-0.05, 0) is 43.9 Å². The fourth-order valence-corrected chi connectivity index (χ4v) is 4.48. The molecule has 2 unspecified atom stereocenters. The molecule has 108 valence electrons. The fraction of sp³-hybridized carbons (Fsp3) is 1.00. The van der Waals surface area contributed by atoms with E-state index in [9.17, 15) is 8.42 Å². The average molecular weight is 296 g/mol. The summed E-state index contributed by atoms with van der Waals surface area (Å²) in [5.41, 5.74) is 0.187. The van der Waals surface area contributed by atoms with E-state index in [1.165, 1.54) is 6.26 Å². The number of hydrogen-bond acceptors (Lipinski definition) is 2. The zero-order valence-electron chi connectivity index (χ0n) is 11.9. The Bertz CT molecular complexity index is 365. The molecule has 1 saturated heterocycles. The summed E-state index contributed by atoms with van der Waals surface area (Å²) in [7, 11) is -3.03. The number of piperidine rings is 1. The van der Waals surface area contributed by atoms with Gasteiger partial charge in [0.1, 0.15) is 0 Å². The van der Waals surface area contributed by atoms with Crippen LogP contribution in [0, 0.1) is 11.3 Å². The summed E-state index contributed by atoms with van der Waals surface area (Å²) in [6, 6.07) is 0. The molecular weight excluding hydrogens is 270 g/mol. The lowest BCUT2D eigenvalue weighted by Crippen LogP contribution is -2.40. The molecule has 18 heavy (non-hydrogen) atoms. The largest absolute Gasteiger partial charge is 0.213 e. The molecule has 0 aromatic rings. The number of sulfonamides is 1. The van der Waals surface area contributed by atoms with Crippen LogP contribution >= 0.6 is 11.6 Å². The zero-order chi connectivity index (χ0) is 14.0. The Hall–Kier alpha value is 0.200. The van der Waals surface area contributed by atoms with E-state index in [0.717, 1.165) is 25.7 Å². The number of nitrogens with zero attached hydrogens (tertiary/aromatic N) is 1. The van der Waals surface area contributed by atoms with Crippen LogP contribution in [0.3, 0.4) is 0 Å². The van der Waals surface area contributed by atoms with Gasteiger partial charge in [-0.15, -0.1) is 11.6 Å². The van der Waals surface area contributed by atoms with Crippen molar-refractivity contribution in [1.29, 1.82) is 0 Å². The van der Waals surface area contributed by atoms with Gasteiger partial charge in [-0.25, -0.2) is 12.7 Å². The number of hydrogen-bond donors (Lipinski definition) is 0. The summed E-state index contributed by atoms with van der Waals surface area (Å²) in [6.07, 6.45) is 5.44. The highest BCUT2D eigenvalue weighted by molar-refractivity contribution is 7.88. The molecule has 0 saturated carbocycles. The van der Waals surface area contributed by atoms with E-state index in [1.54, 1.807) is 4.31 Å². The van der Waals surface area contributed by atoms with Gasteiger partial charge >= 0.3 is 0 Å². The summed E-state index contributed by atoms with van der Waals surface area (Å²) in [4.78, 5) is 0. The molecule has 0 spiro atoms. The van der Waals surface area contributed by atoms with Crippen LogP contribution in [0.4, 0.5) is 0 Å². The molecule has 0 bridgehead atoms. The molecule has 3 nitrogen and oxygen atoms in total. The predicted molar refractivity (Wildman–Crippen MR) is 77.5 cm³/mol. The second kappa shape index (κ2) is 6.10. The third kappa shape index (κ3) is 5.45. The smallest absolute Gasteiger partial charge is 0.211 e. The lowest BCUT2D eigenvalue weighted by atomic mass is 9.77. The minimum Gasteiger partial charge on any atom is -0.213 e. The maximum Gasteiger partial charge on any atom is 0.211 e. The van der Waals surface area contributed by atoms with Crippen molar-refractivity contribution < 1.29 is 8.42 Å². The van der Waals surface area contributed by atoms with Gasteiger partial charge in [-0.2, -0.15) is 0 Å². The highest BCUT2D eigenvalue weighted by Gasteiger charge is 2.30. The first-order valence-corrected chi connectivity index (χ1v) is 8.98. The van der Waals surface area contributed by atoms with E-state index >= 15 is 0 Å². The van der Waals surface area contributed by atoms with E-state index in [4.69, 9.17) is 11.6 Å². The van der Waals surface area contributed by atoms with E-state index in [2.05, 4.69) is 13.8 Å². The molecule has 1 heterocycles. The van der Waals surface area contributed by atoms with Crippen LogP contribution in [-0.4, -0.2) is 37.4 Å². The predicted octanol–water partition coefficient (Wildman–Crippen LogP) is 3.09. The van der Waals surface area contributed by atoms with Crippen LogP contribution in [0.2, 0.25) is 0 Å². The van der Waals surface area contributed by atoms with Crippen molar-refractivity contribution in [1.82, 2.24) is 4.31 Å². The molecule has 0 radical (unpaired) electrons. The number of alkyl halides is 1.